The third-order valence-corrected chi connectivity index (χ3v) is 8.18. The van der Waals surface area contributed by atoms with Gasteiger partial charge in [0.25, 0.3) is 0 Å². The van der Waals surface area contributed by atoms with E-state index in [9.17, 15) is 8.42 Å². The zero-order valence-electron chi connectivity index (χ0n) is 14.1. The summed E-state index contributed by atoms with van der Waals surface area (Å²) in [6.07, 6.45) is 7.19. The fourth-order valence-electron chi connectivity index (χ4n) is 5.16. The van der Waals surface area contributed by atoms with E-state index in [0.717, 1.165) is 19.3 Å². The van der Waals surface area contributed by atoms with E-state index in [1.165, 1.54) is 12.8 Å². The first-order valence-corrected chi connectivity index (χ1v) is 10.0. The monoisotopic (exact) mass is 338 g/mol. The number of piperidine rings is 1. The van der Waals surface area contributed by atoms with Crippen LogP contribution < -0.4 is 5.32 Å². The van der Waals surface area contributed by atoms with Gasteiger partial charge in [-0.1, -0.05) is 19.8 Å². The molecule has 3 heterocycles. The van der Waals surface area contributed by atoms with Crippen LogP contribution >= 0.6 is 0 Å². The van der Waals surface area contributed by atoms with Gasteiger partial charge in [0, 0.05) is 43.3 Å². The smallest absolute Gasteiger partial charge is 0.246 e. The summed E-state index contributed by atoms with van der Waals surface area (Å²) in [6, 6.07) is 0.840. The largest absolute Gasteiger partial charge is 0.309 e. The van der Waals surface area contributed by atoms with Gasteiger partial charge >= 0.3 is 0 Å². The van der Waals surface area contributed by atoms with Gasteiger partial charge in [0.1, 0.15) is 4.90 Å². The average molecular weight is 338 g/mol. The van der Waals surface area contributed by atoms with Crippen molar-refractivity contribution < 1.29 is 8.42 Å². The predicted octanol–water partition coefficient (Wildman–Crippen LogP) is 1.41. The van der Waals surface area contributed by atoms with Crippen LogP contribution in [0.25, 0.3) is 0 Å². The zero-order valence-corrected chi connectivity index (χ0v) is 14.9. The number of nitrogens with one attached hydrogen (secondary N) is 1. The Kier molecular flexibility index (Phi) is 3.42. The molecule has 0 radical (unpaired) electrons. The Morgan fingerprint density at radius 1 is 1.35 bits per heavy atom. The van der Waals surface area contributed by atoms with Crippen molar-refractivity contribution in [3.63, 3.8) is 0 Å². The number of rotatable bonds is 2. The Hall–Kier alpha value is -0.920. The summed E-state index contributed by atoms with van der Waals surface area (Å²) in [4.78, 5) is 0.366. The van der Waals surface area contributed by atoms with Gasteiger partial charge in [-0.2, -0.15) is 9.40 Å². The summed E-state index contributed by atoms with van der Waals surface area (Å²) < 4.78 is 30.1. The number of aryl methyl sites for hydroxylation is 2. The second-order valence-corrected chi connectivity index (χ2v) is 9.61. The van der Waals surface area contributed by atoms with Crippen LogP contribution in [0.4, 0.5) is 0 Å². The van der Waals surface area contributed by atoms with Gasteiger partial charge in [-0.15, -0.1) is 0 Å². The van der Waals surface area contributed by atoms with Crippen molar-refractivity contribution in [2.24, 2.45) is 12.5 Å². The molecule has 1 saturated carbocycles. The van der Waals surface area contributed by atoms with Gasteiger partial charge in [0.05, 0.1) is 5.69 Å². The number of fused-ring (bicyclic) bond motifs is 1. The summed E-state index contributed by atoms with van der Waals surface area (Å²) in [7, 11) is -1.72. The first-order valence-electron chi connectivity index (χ1n) is 8.60. The lowest BCUT2D eigenvalue weighted by Gasteiger charge is -2.45. The Morgan fingerprint density at radius 2 is 2.09 bits per heavy atom. The van der Waals surface area contributed by atoms with Gasteiger partial charge in [-0.3, -0.25) is 4.68 Å². The molecule has 2 saturated heterocycles. The molecule has 0 unspecified atom stereocenters. The van der Waals surface area contributed by atoms with Gasteiger partial charge in [0.2, 0.25) is 10.0 Å². The number of hydrogen-bond donors (Lipinski definition) is 1. The van der Waals surface area contributed by atoms with Crippen molar-refractivity contribution in [3.8, 4) is 0 Å². The maximum Gasteiger partial charge on any atom is 0.246 e. The van der Waals surface area contributed by atoms with Crippen molar-refractivity contribution in [2.75, 3.05) is 6.54 Å². The van der Waals surface area contributed by atoms with Crippen molar-refractivity contribution >= 4 is 10.0 Å². The quantitative estimate of drug-likeness (QED) is 0.885. The van der Waals surface area contributed by atoms with Crippen LogP contribution in [0.3, 0.4) is 0 Å². The van der Waals surface area contributed by atoms with E-state index in [4.69, 9.17) is 0 Å². The van der Waals surface area contributed by atoms with E-state index in [0.29, 0.717) is 23.2 Å². The first kappa shape index (κ1) is 15.6. The molecule has 0 amide bonds. The molecule has 0 aromatic carbocycles. The summed E-state index contributed by atoms with van der Waals surface area (Å²) in [5.41, 5.74) is 0.650. The van der Waals surface area contributed by atoms with Crippen LogP contribution in [0.1, 0.15) is 44.7 Å². The van der Waals surface area contributed by atoms with Crippen molar-refractivity contribution in [1.29, 1.82) is 0 Å². The topological polar surface area (TPSA) is 67.2 Å². The van der Waals surface area contributed by atoms with Crippen LogP contribution in [0, 0.1) is 12.3 Å². The molecule has 1 N–H and O–H groups in total. The second kappa shape index (κ2) is 5.04. The normalized spacial score (nSPS) is 37.8. The minimum absolute atomic E-state index is 0.0581. The molecule has 23 heavy (non-hydrogen) atoms. The third kappa shape index (κ3) is 2.20. The molecule has 1 aromatic rings. The van der Waals surface area contributed by atoms with E-state index in [-0.39, 0.29) is 17.5 Å². The van der Waals surface area contributed by atoms with Crippen molar-refractivity contribution in [2.45, 2.75) is 69.0 Å². The lowest BCUT2D eigenvalue weighted by Crippen LogP contribution is -2.55. The molecule has 4 rings (SSSR count). The van der Waals surface area contributed by atoms with Crippen LogP contribution in [0.15, 0.2) is 11.1 Å². The van der Waals surface area contributed by atoms with E-state index >= 15 is 0 Å². The van der Waals surface area contributed by atoms with E-state index < -0.39 is 10.0 Å². The highest BCUT2D eigenvalue weighted by Crippen LogP contribution is 2.50. The molecule has 6 nitrogen and oxygen atoms in total. The minimum Gasteiger partial charge on any atom is -0.309 e. The predicted molar refractivity (Wildman–Crippen MR) is 87.5 cm³/mol. The maximum absolute atomic E-state index is 13.3. The highest BCUT2D eigenvalue weighted by Gasteiger charge is 2.57. The molecule has 3 aliphatic rings. The number of hydrogen-bond acceptors (Lipinski definition) is 4. The standard InChI is InChI=1S/C16H26N4O2S/c1-11-13(10-19(3)18-11)23(21,22)20-9-12-8-16(2)14(17-12)6-4-5-7-15(16)20/h10,12,14-15,17H,4-9H2,1-3H3/t12-,14-,15+,16-/m0/s1. The van der Waals surface area contributed by atoms with Crippen molar-refractivity contribution in [3.05, 3.63) is 11.9 Å². The lowest BCUT2D eigenvalue weighted by molar-refractivity contribution is 0.0991. The maximum atomic E-state index is 13.3. The second-order valence-electron chi connectivity index (χ2n) is 7.75. The Balaban J connectivity index is 1.78. The molecular formula is C16H26N4O2S. The molecule has 1 aromatic heterocycles. The summed E-state index contributed by atoms with van der Waals surface area (Å²) in [6.45, 7) is 4.66. The fourth-order valence-corrected chi connectivity index (χ4v) is 7.17. The molecule has 128 valence electrons. The van der Waals surface area contributed by atoms with Crippen molar-refractivity contribution in [1.82, 2.24) is 19.4 Å². The van der Waals surface area contributed by atoms with Crippen LogP contribution in [0.2, 0.25) is 0 Å². The van der Waals surface area contributed by atoms with Gasteiger partial charge < -0.3 is 5.32 Å². The number of aromatic nitrogens is 2. The molecule has 7 heteroatoms. The number of sulfonamides is 1. The molecular weight excluding hydrogens is 312 g/mol. The molecule has 2 bridgehead atoms. The molecule has 3 fully saturated rings. The fraction of sp³-hybridized carbons (Fsp3) is 0.812. The number of nitrogens with zero attached hydrogens (tertiary/aromatic N) is 3. The Labute approximate surface area is 138 Å². The minimum atomic E-state index is -3.49. The Bertz CT molecular complexity index is 728. The van der Waals surface area contributed by atoms with Crippen LogP contribution in [-0.4, -0.2) is 47.2 Å². The van der Waals surface area contributed by atoms with E-state index in [1.807, 2.05) is 0 Å². The Morgan fingerprint density at radius 3 is 2.78 bits per heavy atom. The highest BCUT2D eigenvalue weighted by molar-refractivity contribution is 7.89. The average Bonchev–Trinajstić information content (AvgIpc) is 2.90. The molecule has 4 atom stereocenters. The SMILES string of the molecule is Cc1nn(C)cc1S(=O)(=O)N1C[C@@H]2C[C@@]3(C)[C@H](CCCC[C@@H]13)N2. The first-order chi connectivity index (χ1) is 10.8. The van der Waals surface area contributed by atoms with Gasteiger partial charge in [0.15, 0.2) is 0 Å². The zero-order chi connectivity index (χ0) is 16.4. The van der Waals surface area contributed by atoms with Gasteiger partial charge in [-0.25, -0.2) is 8.42 Å². The van der Waals surface area contributed by atoms with Gasteiger partial charge in [-0.05, 0) is 26.2 Å². The van der Waals surface area contributed by atoms with Crippen LogP contribution in [0.5, 0.6) is 0 Å². The third-order valence-electron chi connectivity index (χ3n) is 6.20. The lowest BCUT2D eigenvalue weighted by atomic mass is 9.72. The van der Waals surface area contributed by atoms with Crippen LogP contribution in [-0.2, 0) is 17.1 Å². The van der Waals surface area contributed by atoms with E-state index in [1.54, 1.807) is 29.2 Å². The molecule has 0 spiro atoms. The molecule has 2 aliphatic heterocycles. The van der Waals surface area contributed by atoms with E-state index in [2.05, 4.69) is 17.3 Å². The summed E-state index contributed by atoms with van der Waals surface area (Å²) >= 11 is 0. The summed E-state index contributed by atoms with van der Waals surface area (Å²) in [5.74, 6) is 0. The summed E-state index contributed by atoms with van der Waals surface area (Å²) in [5, 5.41) is 7.95. The highest BCUT2D eigenvalue weighted by atomic mass is 32.2. The molecule has 1 aliphatic carbocycles.